The molecule has 3 aromatic rings. The second-order valence-electron chi connectivity index (χ2n) is 5.22. The fourth-order valence-corrected chi connectivity index (χ4v) is 2.51. The first-order valence-corrected chi connectivity index (χ1v) is 7.32. The molecule has 5 heteroatoms. The Kier molecular flexibility index (Phi) is 3.93. The van der Waals surface area contributed by atoms with Gasteiger partial charge in [-0.05, 0) is 54.8 Å². The minimum atomic E-state index is -0.335. The number of rotatable bonds is 3. The molecule has 1 N–H and O–H groups in total. The summed E-state index contributed by atoms with van der Waals surface area (Å²) in [5.41, 5.74) is 3.44. The van der Waals surface area contributed by atoms with E-state index < -0.39 is 0 Å². The Labute approximate surface area is 133 Å². The van der Waals surface area contributed by atoms with Crippen molar-refractivity contribution in [1.82, 2.24) is 10.2 Å². The van der Waals surface area contributed by atoms with Gasteiger partial charge in [-0.25, -0.2) is 4.79 Å². The third-order valence-corrected chi connectivity index (χ3v) is 3.70. The first-order chi connectivity index (χ1) is 11.1. The van der Waals surface area contributed by atoms with E-state index in [1.54, 1.807) is 25.3 Å². The molecule has 0 spiro atoms. The number of esters is 1. The van der Waals surface area contributed by atoms with Crippen LogP contribution in [0.5, 0.6) is 5.88 Å². The van der Waals surface area contributed by atoms with Crippen LogP contribution in [0.3, 0.4) is 0 Å². The molecule has 0 atom stereocenters. The highest BCUT2D eigenvalue weighted by Crippen LogP contribution is 2.30. The van der Waals surface area contributed by atoms with Crippen molar-refractivity contribution in [3.8, 4) is 17.0 Å². The zero-order valence-corrected chi connectivity index (χ0v) is 12.9. The summed E-state index contributed by atoms with van der Waals surface area (Å²) in [5.74, 6) is -0.427. The van der Waals surface area contributed by atoms with Crippen molar-refractivity contribution < 1.29 is 14.6 Å². The molecule has 3 rings (SSSR count). The molecule has 0 aliphatic carbocycles. The van der Waals surface area contributed by atoms with Crippen molar-refractivity contribution >= 4 is 16.7 Å². The van der Waals surface area contributed by atoms with Crippen molar-refractivity contribution in [2.24, 2.45) is 0 Å². The van der Waals surface area contributed by atoms with Gasteiger partial charge in [-0.2, -0.15) is 5.10 Å². The Bertz CT molecular complexity index is 891. The summed E-state index contributed by atoms with van der Waals surface area (Å²) in [6, 6.07) is 11.1. The molecule has 1 heterocycles. The van der Waals surface area contributed by atoms with Gasteiger partial charge in [-0.3, -0.25) is 0 Å². The summed E-state index contributed by atoms with van der Waals surface area (Å²) >= 11 is 0. The normalized spacial score (nSPS) is 10.7. The molecule has 0 aliphatic heterocycles. The van der Waals surface area contributed by atoms with E-state index in [4.69, 9.17) is 4.74 Å². The molecule has 116 valence electrons. The summed E-state index contributed by atoms with van der Waals surface area (Å²) in [5, 5.41) is 18.6. The van der Waals surface area contributed by atoms with Gasteiger partial charge >= 0.3 is 5.97 Å². The average molecular weight is 308 g/mol. The van der Waals surface area contributed by atoms with Crippen LogP contribution in [0, 0.1) is 6.92 Å². The number of fused-ring (bicyclic) bond motifs is 1. The molecule has 1 aromatic heterocycles. The van der Waals surface area contributed by atoms with Crippen molar-refractivity contribution in [3.63, 3.8) is 0 Å². The monoisotopic (exact) mass is 308 g/mol. The maximum absolute atomic E-state index is 11.9. The lowest BCUT2D eigenvalue weighted by molar-refractivity contribution is 0.0526. The van der Waals surface area contributed by atoms with Crippen LogP contribution in [-0.2, 0) is 4.74 Å². The fraction of sp³-hybridized carbons (Fsp3) is 0.167. The van der Waals surface area contributed by atoms with E-state index in [9.17, 15) is 9.90 Å². The van der Waals surface area contributed by atoms with Crippen LogP contribution in [0.4, 0.5) is 0 Å². The number of hydrogen-bond donors (Lipinski definition) is 1. The van der Waals surface area contributed by atoms with Gasteiger partial charge in [-0.1, -0.05) is 12.1 Å². The summed E-state index contributed by atoms with van der Waals surface area (Å²) in [4.78, 5) is 11.9. The molecule has 0 saturated heterocycles. The van der Waals surface area contributed by atoms with Crippen LogP contribution in [-0.4, -0.2) is 27.9 Å². The average Bonchev–Trinajstić information content (AvgIpc) is 2.55. The lowest BCUT2D eigenvalue weighted by Crippen LogP contribution is -2.04. The second-order valence-corrected chi connectivity index (χ2v) is 5.22. The Hall–Kier alpha value is -2.95. The molecule has 0 bridgehead atoms. The Morgan fingerprint density at radius 3 is 2.83 bits per heavy atom. The maximum atomic E-state index is 11.9. The highest BCUT2D eigenvalue weighted by atomic mass is 16.5. The molecular formula is C18H16N2O3. The van der Waals surface area contributed by atoms with Crippen molar-refractivity contribution in [2.75, 3.05) is 6.61 Å². The van der Waals surface area contributed by atoms with Gasteiger partial charge < -0.3 is 9.84 Å². The molecule has 0 amide bonds. The molecule has 23 heavy (non-hydrogen) atoms. The number of carbonyl (C=O) groups is 1. The van der Waals surface area contributed by atoms with Crippen molar-refractivity contribution in [3.05, 3.63) is 53.7 Å². The number of carbonyl (C=O) groups excluding carboxylic acids is 1. The van der Waals surface area contributed by atoms with Crippen LogP contribution in [0.2, 0.25) is 0 Å². The highest BCUT2D eigenvalue weighted by Gasteiger charge is 2.11. The smallest absolute Gasteiger partial charge is 0.338 e. The fourth-order valence-electron chi connectivity index (χ4n) is 2.51. The van der Waals surface area contributed by atoms with Crippen LogP contribution >= 0.6 is 0 Å². The maximum Gasteiger partial charge on any atom is 0.338 e. The summed E-state index contributed by atoms with van der Waals surface area (Å²) < 4.78 is 5.05. The van der Waals surface area contributed by atoms with Crippen LogP contribution in [0.15, 0.2) is 42.6 Å². The minimum Gasteiger partial charge on any atom is -0.492 e. The Morgan fingerprint density at radius 2 is 2.04 bits per heavy atom. The van der Waals surface area contributed by atoms with Crippen molar-refractivity contribution in [1.29, 1.82) is 0 Å². The topological polar surface area (TPSA) is 72.3 Å². The third-order valence-electron chi connectivity index (χ3n) is 3.70. The summed E-state index contributed by atoms with van der Waals surface area (Å²) in [6.07, 6.45) is 1.60. The van der Waals surface area contributed by atoms with E-state index in [0.717, 1.165) is 22.1 Å². The van der Waals surface area contributed by atoms with Gasteiger partial charge in [0.2, 0.25) is 5.88 Å². The number of ether oxygens (including phenoxy) is 1. The number of aromatic nitrogens is 2. The Morgan fingerprint density at radius 1 is 1.22 bits per heavy atom. The van der Waals surface area contributed by atoms with E-state index in [2.05, 4.69) is 10.2 Å². The minimum absolute atomic E-state index is 0.0916. The van der Waals surface area contributed by atoms with Crippen LogP contribution in [0.25, 0.3) is 21.9 Å². The lowest BCUT2D eigenvalue weighted by Gasteiger charge is -2.10. The van der Waals surface area contributed by atoms with Crippen molar-refractivity contribution in [2.45, 2.75) is 13.8 Å². The lowest BCUT2D eigenvalue weighted by atomic mass is 9.96. The van der Waals surface area contributed by atoms with E-state index in [1.807, 2.05) is 31.2 Å². The largest absolute Gasteiger partial charge is 0.492 e. The van der Waals surface area contributed by atoms with Crippen LogP contribution in [0.1, 0.15) is 22.8 Å². The number of benzene rings is 2. The predicted octanol–water partition coefficient (Wildman–Crippen LogP) is 3.49. The first-order valence-electron chi connectivity index (χ1n) is 7.32. The van der Waals surface area contributed by atoms with Gasteiger partial charge in [0, 0.05) is 10.8 Å². The van der Waals surface area contributed by atoms with Gasteiger partial charge in [0.25, 0.3) is 0 Å². The molecule has 0 radical (unpaired) electrons. The van der Waals surface area contributed by atoms with E-state index in [0.29, 0.717) is 17.6 Å². The Balaban J connectivity index is 2.10. The van der Waals surface area contributed by atoms with Gasteiger partial charge in [-0.15, -0.1) is 5.10 Å². The SMILES string of the molecule is CCOC(=O)c1ccc(C)c(-c2ccc3c(O)nncc3c2)c1. The molecule has 5 nitrogen and oxygen atoms in total. The quantitative estimate of drug-likeness (QED) is 0.750. The summed E-state index contributed by atoms with van der Waals surface area (Å²) in [7, 11) is 0. The summed E-state index contributed by atoms with van der Waals surface area (Å²) in [6.45, 7) is 4.11. The van der Waals surface area contributed by atoms with E-state index in [1.165, 1.54) is 0 Å². The number of aromatic hydroxyl groups is 1. The molecule has 2 aromatic carbocycles. The van der Waals surface area contributed by atoms with E-state index >= 15 is 0 Å². The number of nitrogens with zero attached hydrogens (tertiary/aromatic N) is 2. The number of aryl methyl sites for hydroxylation is 1. The zero-order chi connectivity index (χ0) is 16.4. The van der Waals surface area contributed by atoms with Gasteiger partial charge in [0.05, 0.1) is 18.4 Å². The van der Waals surface area contributed by atoms with Gasteiger partial charge in [0.15, 0.2) is 0 Å². The molecule has 0 fully saturated rings. The standard InChI is InChI=1S/C18H16N2O3/c1-3-23-18(22)13-5-4-11(2)16(9-13)12-6-7-15-14(8-12)10-19-20-17(15)21/h4-10H,3H2,1-2H3,(H,20,21). The highest BCUT2D eigenvalue weighted by molar-refractivity contribution is 5.93. The molecule has 0 unspecified atom stereocenters. The van der Waals surface area contributed by atoms with Gasteiger partial charge in [0.1, 0.15) is 0 Å². The third kappa shape index (κ3) is 2.85. The molecule has 0 saturated carbocycles. The zero-order valence-electron chi connectivity index (χ0n) is 12.9. The van der Waals surface area contributed by atoms with Crippen LogP contribution < -0.4 is 0 Å². The molecular weight excluding hydrogens is 292 g/mol. The second kappa shape index (κ2) is 6.04. The predicted molar refractivity (Wildman–Crippen MR) is 87.3 cm³/mol. The van der Waals surface area contributed by atoms with E-state index in [-0.39, 0.29) is 11.8 Å². The first kappa shape index (κ1) is 15.0. The molecule has 0 aliphatic rings. The number of hydrogen-bond acceptors (Lipinski definition) is 5.